The van der Waals surface area contributed by atoms with Crippen LogP contribution in [0.2, 0.25) is 0 Å². The van der Waals surface area contributed by atoms with E-state index in [0.717, 1.165) is 44.8 Å². The maximum absolute atomic E-state index is 10.7. The Balaban J connectivity index is 1.72. The summed E-state index contributed by atoms with van der Waals surface area (Å²) >= 11 is 1.04. The highest BCUT2D eigenvalue weighted by molar-refractivity contribution is 7.99. The van der Waals surface area contributed by atoms with Crippen molar-refractivity contribution < 1.29 is 20.6 Å². The van der Waals surface area contributed by atoms with Gasteiger partial charge in [0.25, 0.3) is 0 Å². The number of nitrogens with zero attached hydrogens (tertiary/aromatic N) is 4. The summed E-state index contributed by atoms with van der Waals surface area (Å²) < 4.78 is 1.81. The SMILES string of the molecule is Cn1ncc2cc(-c3cc([NH2+]O)cc(-c4nc(SCC(=O)O)n[nH]4)c3)ccc21. The Morgan fingerprint density at radius 3 is 2.82 bits per heavy atom. The number of aryl methyl sites for hydroxylation is 1. The van der Waals surface area contributed by atoms with E-state index < -0.39 is 5.97 Å². The molecule has 0 aliphatic heterocycles. The Hall–Kier alpha value is -3.21. The number of H-pyrrole nitrogens is 1. The van der Waals surface area contributed by atoms with Crippen LogP contribution in [0.15, 0.2) is 47.8 Å². The van der Waals surface area contributed by atoms with Gasteiger partial charge in [0.1, 0.15) is 0 Å². The highest BCUT2D eigenvalue weighted by Crippen LogP contribution is 2.30. The number of hydrogen-bond donors (Lipinski definition) is 4. The maximum atomic E-state index is 10.7. The van der Waals surface area contributed by atoms with Crippen molar-refractivity contribution in [3.8, 4) is 22.5 Å². The average molecular weight is 397 g/mol. The zero-order valence-corrected chi connectivity index (χ0v) is 15.6. The fourth-order valence-corrected chi connectivity index (χ4v) is 3.46. The molecule has 4 rings (SSSR count). The summed E-state index contributed by atoms with van der Waals surface area (Å²) in [4.78, 5) is 15.0. The Morgan fingerprint density at radius 1 is 1.21 bits per heavy atom. The van der Waals surface area contributed by atoms with E-state index >= 15 is 0 Å². The Morgan fingerprint density at radius 2 is 2.04 bits per heavy atom. The van der Waals surface area contributed by atoms with Crippen molar-refractivity contribution in [1.82, 2.24) is 25.0 Å². The van der Waals surface area contributed by atoms with Crippen LogP contribution in [-0.4, -0.2) is 47.0 Å². The quantitative estimate of drug-likeness (QED) is 0.221. The second kappa shape index (κ2) is 7.43. The number of rotatable bonds is 6. The molecule has 0 amide bonds. The van der Waals surface area contributed by atoms with Gasteiger partial charge in [-0.3, -0.25) is 14.6 Å². The van der Waals surface area contributed by atoms with Crippen molar-refractivity contribution in [3.63, 3.8) is 0 Å². The van der Waals surface area contributed by atoms with Crippen LogP contribution in [-0.2, 0) is 11.8 Å². The first-order valence-corrected chi connectivity index (χ1v) is 9.34. The van der Waals surface area contributed by atoms with Gasteiger partial charge in [0.05, 0.1) is 17.5 Å². The molecule has 0 spiro atoms. The number of benzene rings is 2. The molecule has 0 radical (unpaired) electrons. The molecule has 0 aliphatic rings. The number of nitrogens with two attached hydrogens (primary N) is 1. The van der Waals surface area contributed by atoms with Gasteiger partial charge in [-0.25, -0.2) is 10.2 Å². The van der Waals surface area contributed by atoms with Crippen molar-refractivity contribution in [1.29, 1.82) is 0 Å². The van der Waals surface area contributed by atoms with Gasteiger partial charge in [0.2, 0.25) is 5.16 Å². The molecule has 2 aromatic heterocycles. The number of thioether (sulfide) groups is 1. The van der Waals surface area contributed by atoms with Gasteiger partial charge in [-0.1, -0.05) is 17.8 Å². The van der Waals surface area contributed by atoms with Crippen molar-refractivity contribution in [2.45, 2.75) is 5.16 Å². The topological polar surface area (TPSA) is 134 Å². The predicted molar refractivity (Wildman–Crippen MR) is 103 cm³/mol. The van der Waals surface area contributed by atoms with Crippen LogP contribution in [0.1, 0.15) is 0 Å². The highest BCUT2D eigenvalue weighted by Gasteiger charge is 2.13. The molecule has 0 atom stereocenters. The van der Waals surface area contributed by atoms with E-state index in [1.807, 2.05) is 48.3 Å². The highest BCUT2D eigenvalue weighted by atomic mass is 32.2. The molecule has 28 heavy (non-hydrogen) atoms. The monoisotopic (exact) mass is 397 g/mol. The van der Waals surface area contributed by atoms with Gasteiger partial charge in [-0.15, -0.1) is 5.10 Å². The first-order valence-electron chi connectivity index (χ1n) is 8.35. The summed E-state index contributed by atoms with van der Waals surface area (Å²) in [7, 11) is 1.89. The standard InChI is InChI=1S/C18H16N6O3S/c1-24-15-3-2-10(4-13(15)8-19-24)11-5-12(7-14(6-11)23-27)17-20-18(22-21-17)28-9-16(25)26/h2-8,23,27H,9H2,1H3,(H,25,26)(H,20,21,22)/p+1. The average Bonchev–Trinajstić information content (AvgIpc) is 3.33. The van der Waals surface area contributed by atoms with Crippen LogP contribution in [0.4, 0.5) is 5.69 Å². The maximum Gasteiger partial charge on any atom is 0.313 e. The number of carboxylic acids is 1. The first kappa shape index (κ1) is 18.2. The molecular formula is C18H17N6O3S+. The van der Waals surface area contributed by atoms with Gasteiger partial charge < -0.3 is 5.11 Å². The van der Waals surface area contributed by atoms with Gasteiger partial charge in [0.15, 0.2) is 11.5 Å². The van der Waals surface area contributed by atoms with Gasteiger partial charge >= 0.3 is 5.97 Å². The lowest BCUT2D eigenvalue weighted by Crippen LogP contribution is -2.73. The Bertz CT molecular complexity index is 1170. The summed E-state index contributed by atoms with van der Waals surface area (Å²) in [5, 5.41) is 30.8. The first-order chi connectivity index (χ1) is 13.5. The second-order valence-electron chi connectivity index (χ2n) is 6.16. The third-order valence-corrected chi connectivity index (χ3v) is 5.08. The van der Waals surface area contributed by atoms with Crippen LogP contribution in [0, 0.1) is 0 Å². The molecule has 2 aromatic carbocycles. The van der Waals surface area contributed by atoms with E-state index in [0.29, 0.717) is 16.7 Å². The van der Waals surface area contributed by atoms with Crippen LogP contribution in [0.5, 0.6) is 0 Å². The molecule has 0 aliphatic carbocycles. The summed E-state index contributed by atoms with van der Waals surface area (Å²) in [6, 6.07) is 11.6. The minimum Gasteiger partial charge on any atom is -0.481 e. The molecule has 0 saturated heterocycles. The van der Waals surface area contributed by atoms with Gasteiger partial charge in [-0.2, -0.15) is 10.6 Å². The van der Waals surface area contributed by atoms with Crippen molar-refractivity contribution in [2.75, 3.05) is 5.75 Å². The van der Waals surface area contributed by atoms with Crippen LogP contribution >= 0.6 is 11.8 Å². The zero-order valence-electron chi connectivity index (χ0n) is 14.8. The molecule has 2 heterocycles. The number of hydrogen-bond acceptors (Lipinski definition) is 6. The smallest absolute Gasteiger partial charge is 0.313 e. The van der Waals surface area contributed by atoms with Crippen molar-refractivity contribution >= 4 is 34.3 Å². The normalized spacial score (nSPS) is 11.2. The van der Waals surface area contributed by atoms with Crippen molar-refractivity contribution in [2.24, 2.45) is 7.05 Å². The summed E-state index contributed by atoms with van der Waals surface area (Å²) in [5.41, 5.74) is 5.30. The molecule has 0 fully saturated rings. The number of aromatic amines is 1. The van der Waals surface area contributed by atoms with Crippen molar-refractivity contribution in [3.05, 3.63) is 42.6 Å². The third-order valence-electron chi connectivity index (χ3n) is 4.25. The minimum atomic E-state index is -0.929. The van der Waals surface area contributed by atoms with E-state index in [1.165, 1.54) is 0 Å². The number of carboxylic acid groups (broad SMARTS) is 1. The van der Waals surface area contributed by atoms with E-state index in [-0.39, 0.29) is 5.75 Å². The summed E-state index contributed by atoms with van der Waals surface area (Å²) in [5.74, 6) is -0.542. The van der Waals surface area contributed by atoms with E-state index in [4.69, 9.17) is 5.11 Å². The van der Waals surface area contributed by atoms with E-state index in [2.05, 4.69) is 20.3 Å². The third kappa shape index (κ3) is 3.60. The van der Waals surface area contributed by atoms with Crippen LogP contribution < -0.4 is 5.48 Å². The lowest BCUT2D eigenvalue weighted by atomic mass is 10.0. The zero-order chi connectivity index (χ0) is 19.7. The molecule has 10 heteroatoms. The second-order valence-corrected chi connectivity index (χ2v) is 7.11. The summed E-state index contributed by atoms with van der Waals surface area (Å²) in [6.45, 7) is 0. The molecular weight excluding hydrogens is 380 g/mol. The van der Waals surface area contributed by atoms with Gasteiger partial charge in [0, 0.05) is 30.1 Å². The van der Waals surface area contributed by atoms with Gasteiger partial charge in [-0.05, 0) is 29.3 Å². The number of carbonyl (C=O) groups is 1. The van der Waals surface area contributed by atoms with E-state index in [1.54, 1.807) is 6.07 Å². The Labute approximate surface area is 163 Å². The van der Waals surface area contributed by atoms with Crippen LogP contribution in [0.3, 0.4) is 0 Å². The minimum absolute atomic E-state index is 0.113. The number of fused-ring (bicyclic) bond motifs is 1. The number of aliphatic carboxylic acids is 1. The molecule has 4 aromatic rings. The lowest BCUT2D eigenvalue weighted by molar-refractivity contribution is -0.825. The number of nitrogens with one attached hydrogen (secondary N) is 1. The molecule has 0 bridgehead atoms. The molecule has 5 N–H and O–H groups in total. The largest absolute Gasteiger partial charge is 0.481 e. The number of quaternary nitrogens is 1. The molecule has 142 valence electrons. The number of aromatic nitrogens is 5. The fraction of sp³-hybridized carbons (Fsp3) is 0.111. The summed E-state index contributed by atoms with van der Waals surface area (Å²) in [6.07, 6.45) is 1.81. The van der Waals surface area contributed by atoms with E-state index in [9.17, 15) is 10.0 Å². The molecule has 0 saturated carbocycles. The predicted octanol–water partition coefficient (Wildman–Crippen LogP) is 1.79. The van der Waals surface area contributed by atoms with Crippen LogP contribution in [0.25, 0.3) is 33.4 Å². The lowest BCUT2D eigenvalue weighted by Gasteiger charge is -2.06. The fourth-order valence-electron chi connectivity index (χ4n) is 2.94. The molecule has 0 unspecified atom stereocenters. The Kier molecular flexibility index (Phi) is 4.82. The molecule has 9 nitrogen and oxygen atoms in total.